The number of hydrogen-bond acceptors (Lipinski definition) is 0. The normalized spacial score (nSPS) is 14.5. The summed E-state index contributed by atoms with van der Waals surface area (Å²) in [7, 11) is 0. The second-order valence-electron chi connectivity index (χ2n) is 2.60. The van der Waals surface area contributed by atoms with Crippen LogP contribution in [0.1, 0.15) is 26.2 Å². The van der Waals surface area contributed by atoms with E-state index in [4.69, 9.17) is 0 Å². The molecule has 1 atom stereocenters. The summed E-state index contributed by atoms with van der Waals surface area (Å²) in [6.07, 6.45) is -2.05. The SMILES string of the molecule is C=CC(CCC)CC(F)(F)F. The van der Waals surface area contributed by atoms with E-state index in [1.165, 1.54) is 6.08 Å². The van der Waals surface area contributed by atoms with Crippen molar-refractivity contribution >= 4 is 0 Å². The third-order valence-electron chi connectivity index (χ3n) is 1.49. The van der Waals surface area contributed by atoms with Crippen LogP contribution in [0.15, 0.2) is 12.7 Å². The maximum Gasteiger partial charge on any atom is 0.389 e. The van der Waals surface area contributed by atoms with E-state index in [1.54, 1.807) is 0 Å². The van der Waals surface area contributed by atoms with Crippen molar-refractivity contribution in [3.63, 3.8) is 0 Å². The van der Waals surface area contributed by atoms with Crippen molar-refractivity contribution < 1.29 is 13.2 Å². The molecule has 0 amide bonds. The van der Waals surface area contributed by atoms with Gasteiger partial charge in [0.15, 0.2) is 0 Å². The molecule has 0 saturated carbocycles. The fraction of sp³-hybridized carbons (Fsp3) is 0.750. The monoisotopic (exact) mass is 166 g/mol. The Bertz CT molecular complexity index is 115. The van der Waals surface area contributed by atoms with Gasteiger partial charge in [-0.05, 0) is 12.3 Å². The van der Waals surface area contributed by atoms with E-state index >= 15 is 0 Å². The minimum Gasteiger partial charge on any atom is -0.171 e. The third-order valence-corrected chi connectivity index (χ3v) is 1.49. The van der Waals surface area contributed by atoms with E-state index in [0.717, 1.165) is 6.42 Å². The standard InChI is InChI=1S/C8H13F3/c1-3-5-7(4-2)6-8(9,10)11/h4,7H,2-3,5-6H2,1H3. The Labute approximate surface area is 65.1 Å². The second kappa shape index (κ2) is 4.42. The maximum atomic E-state index is 11.8. The predicted molar refractivity (Wildman–Crippen MR) is 39.3 cm³/mol. The third kappa shape index (κ3) is 5.95. The summed E-state index contributed by atoms with van der Waals surface area (Å²) in [5.41, 5.74) is 0. The Hall–Kier alpha value is -0.470. The lowest BCUT2D eigenvalue weighted by Crippen LogP contribution is -2.13. The average molecular weight is 166 g/mol. The summed E-state index contributed by atoms with van der Waals surface area (Å²) in [5.74, 6) is -0.403. The Balaban J connectivity index is 3.77. The fourth-order valence-corrected chi connectivity index (χ4v) is 0.971. The summed E-state index contributed by atoms with van der Waals surface area (Å²) >= 11 is 0. The van der Waals surface area contributed by atoms with Gasteiger partial charge >= 0.3 is 6.18 Å². The summed E-state index contributed by atoms with van der Waals surface area (Å²) in [5, 5.41) is 0. The number of hydrogen-bond donors (Lipinski definition) is 0. The lowest BCUT2D eigenvalue weighted by atomic mass is 10.00. The van der Waals surface area contributed by atoms with E-state index in [1.807, 2.05) is 6.92 Å². The van der Waals surface area contributed by atoms with Crippen LogP contribution in [0, 0.1) is 5.92 Å². The largest absolute Gasteiger partial charge is 0.389 e. The molecule has 0 aliphatic rings. The predicted octanol–water partition coefficient (Wildman–Crippen LogP) is 3.54. The van der Waals surface area contributed by atoms with Crippen molar-refractivity contribution in [2.24, 2.45) is 5.92 Å². The lowest BCUT2D eigenvalue weighted by molar-refractivity contribution is -0.141. The van der Waals surface area contributed by atoms with Crippen molar-refractivity contribution in [1.82, 2.24) is 0 Å². The van der Waals surface area contributed by atoms with E-state index in [-0.39, 0.29) is 0 Å². The van der Waals surface area contributed by atoms with Gasteiger partial charge in [-0.3, -0.25) is 0 Å². The molecule has 0 nitrogen and oxygen atoms in total. The highest BCUT2D eigenvalue weighted by molar-refractivity contribution is 4.80. The minimum absolute atomic E-state index is 0.403. The molecule has 0 aliphatic carbocycles. The highest BCUT2D eigenvalue weighted by Crippen LogP contribution is 2.27. The van der Waals surface area contributed by atoms with Gasteiger partial charge in [-0.2, -0.15) is 13.2 Å². The number of rotatable bonds is 4. The van der Waals surface area contributed by atoms with Crippen molar-refractivity contribution in [2.45, 2.75) is 32.4 Å². The zero-order valence-electron chi connectivity index (χ0n) is 6.62. The summed E-state index contributed by atoms with van der Waals surface area (Å²) < 4.78 is 35.3. The molecule has 1 unspecified atom stereocenters. The first-order chi connectivity index (χ1) is 4.99. The summed E-state index contributed by atoms with van der Waals surface area (Å²) in [6, 6.07) is 0. The molecule has 3 heteroatoms. The molecule has 11 heavy (non-hydrogen) atoms. The molecule has 0 heterocycles. The van der Waals surface area contributed by atoms with Crippen molar-refractivity contribution in [3.8, 4) is 0 Å². The first kappa shape index (κ1) is 10.5. The molecule has 0 aromatic carbocycles. The van der Waals surface area contributed by atoms with Gasteiger partial charge in [0.25, 0.3) is 0 Å². The average Bonchev–Trinajstić information content (AvgIpc) is 1.84. The lowest BCUT2D eigenvalue weighted by Gasteiger charge is -2.13. The fourth-order valence-electron chi connectivity index (χ4n) is 0.971. The molecule has 0 aromatic heterocycles. The van der Waals surface area contributed by atoms with Crippen LogP contribution in [0.25, 0.3) is 0 Å². The molecule has 66 valence electrons. The Kier molecular flexibility index (Phi) is 4.23. The van der Waals surface area contributed by atoms with Gasteiger partial charge in [0.1, 0.15) is 0 Å². The van der Waals surface area contributed by atoms with Gasteiger partial charge in [-0.1, -0.05) is 19.4 Å². The first-order valence-electron chi connectivity index (χ1n) is 3.69. The smallest absolute Gasteiger partial charge is 0.171 e. The summed E-state index contributed by atoms with van der Waals surface area (Å²) in [4.78, 5) is 0. The van der Waals surface area contributed by atoms with Crippen LogP contribution in [-0.4, -0.2) is 6.18 Å². The quantitative estimate of drug-likeness (QED) is 0.560. The Morgan fingerprint density at radius 1 is 1.45 bits per heavy atom. The van der Waals surface area contributed by atoms with Crippen LogP contribution in [-0.2, 0) is 0 Å². The highest BCUT2D eigenvalue weighted by atomic mass is 19.4. The summed E-state index contributed by atoms with van der Waals surface area (Å²) in [6.45, 7) is 5.23. The van der Waals surface area contributed by atoms with Gasteiger partial charge in [-0.15, -0.1) is 6.58 Å². The van der Waals surface area contributed by atoms with Gasteiger partial charge in [0.05, 0.1) is 0 Å². The first-order valence-corrected chi connectivity index (χ1v) is 3.69. The molecule has 0 saturated heterocycles. The Morgan fingerprint density at radius 2 is 2.00 bits per heavy atom. The number of allylic oxidation sites excluding steroid dienone is 1. The maximum absolute atomic E-state index is 11.8. The minimum atomic E-state index is -4.05. The zero-order chi connectivity index (χ0) is 8.91. The van der Waals surface area contributed by atoms with Crippen molar-refractivity contribution in [1.29, 1.82) is 0 Å². The number of halogens is 3. The van der Waals surface area contributed by atoms with E-state index in [2.05, 4.69) is 6.58 Å². The highest BCUT2D eigenvalue weighted by Gasteiger charge is 2.29. The molecule has 0 spiro atoms. The molecular formula is C8H13F3. The van der Waals surface area contributed by atoms with Crippen LogP contribution in [0.3, 0.4) is 0 Å². The van der Waals surface area contributed by atoms with Crippen molar-refractivity contribution in [3.05, 3.63) is 12.7 Å². The molecule has 0 N–H and O–H groups in total. The zero-order valence-corrected chi connectivity index (χ0v) is 6.62. The van der Waals surface area contributed by atoms with Crippen molar-refractivity contribution in [2.75, 3.05) is 0 Å². The van der Waals surface area contributed by atoms with Crippen LogP contribution < -0.4 is 0 Å². The Morgan fingerprint density at radius 3 is 2.27 bits per heavy atom. The van der Waals surface area contributed by atoms with Gasteiger partial charge in [0.2, 0.25) is 0 Å². The molecule has 0 aliphatic heterocycles. The van der Waals surface area contributed by atoms with Crippen LogP contribution in [0.2, 0.25) is 0 Å². The molecule has 0 bridgehead atoms. The van der Waals surface area contributed by atoms with Gasteiger partial charge in [-0.25, -0.2) is 0 Å². The van der Waals surface area contributed by atoms with Crippen LogP contribution >= 0.6 is 0 Å². The van der Waals surface area contributed by atoms with E-state index in [9.17, 15) is 13.2 Å². The molecular weight excluding hydrogens is 153 g/mol. The second-order valence-corrected chi connectivity index (χ2v) is 2.60. The van der Waals surface area contributed by atoms with Crippen LogP contribution in [0.5, 0.6) is 0 Å². The number of alkyl halides is 3. The molecule has 0 aromatic rings. The van der Waals surface area contributed by atoms with E-state index < -0.39 is 18.5 Å². The van der Waals surface area contributed by atoms with Gasteiger partial charge < -0.3 is 0 Å². The molecule has 0 radical (unpaired) electrons. The molecule has 0 rings (SSSR count). The van der Waals surface area contributed by atoms with Gasteiger partial charge in [0, 0.05) is 6.42 Å². The topological polar surface area (TPSA) is 0 Å². The van der Waals surface area contributed by atoms with E-state index in [0.29, 0.717) is 6.42 Å². The van der Waals surface area contributed by atoms with Crippen LogP contribution in [0.4, 0.5) is 13.2 Å². The molecule has 0 fully saturated rings.